The number of rotatable bonds is 8. The van der Waals surface area contributed by atoms with Crippen LogP contribution in [0.1, 0.15) is 5.56 Å². The van der Waals surface area contributed by atoms with Crippen LogP contribution in [0.15, 0.2) is 53.4 Å². The highest BCUT2D eigenvalue weighted by molar-refractivity contribution is 5.85. The van der Waals surface area contributed by atoms with Gasteiger partial charge in [0.1, 0.15) is 23.5 Å². The summed E-state index contributed by atoms with van der Waals surface area (Å²) in [5.41, 5.74) is 1.28. The maximum Gasteiger partial charge on any atom is 0.428 e. The Balaban J connectivity index is 1.69. The van der Waals surface area contributed by atoms with Gasteiger partial charge in [-0.05, 0) is 6.07 Å². The molecule has 36 heavy (non-hydrogen) atoms. The molecule has 0 saturated carbocycles. The predicted octanol–water partition coefficient (Wildman–Crippen LogP) is 2.51. The van der Waals surface area contributed by atoms with Crippen molar-refractivity contribution in [1.82, 2.24) is 24.7 Å². The van der Waals surface area contributed by atoms with Gasteiger partial charge in [0.2, 0.25) is 5.89 Å². The van der Waals surface area contributed by atoms with Crippen LogP contribution in [0.4, 0.5) is 27.8 Å². The molecule has 0 spiro atoms. The first-order valence-corrected chi connectivity index (χ1v) is 10.1. The van der Waals surface area contributed by atoms with E-state index in [9.17, 15) is 31.9 Å². The number of nitrogens with two attached hydrogens (primary N) is 1. The maximum absolute atomic E-state index is 14.2. The van der Waals surface area contributed by atoms with Crippen molar-refractivity contribution in [2.75, 3.05) is 11.9 Å². The maximum atomic E-state index is 14.2. The zero-order valence-electron chi connectivity index (χ0n) is 18.0. The van der Waals surface area contributed by atoms with E-state index in [0.717, 1.165) is 0 Å². The lowest BCUT2D eigenvalue weighted by Crippen LogP contribution is -2.59. The van der Waals surface area contributed by atoms with E-state index < -0.39 is 41.7 Å². The fourth-order valence-electron chi connectivity index (χ4n) is 3.11. The van der Waals surface area contributed by atoms with E-state index in [2.05, 4.69) is 20.1 Å². The van der Waals surface area contributed by atoms with Gasteiger partial charge in [0.15, 0.2) is 17.5 Å². The monoisotopic (exact) mass is 509 g/mol. The lowest BCUT2D eigenvalue weighted by molar-refractivity contribution is -0.245. The molecule has 4 rings (SSSR count). The summed E-state index contributed by atoms with van der Waals surface area (Å²) in [7, 11) is 0. The molecule has 0 bridgehead atoms. The number of benzene rings is 1. The summed E-state index contributed by atoms with van der Waals surface area (Å²) in [6, 6.07) is 7.34. The average Bonchev–Trinajstić information content (AvgIpc) is 3.49. The van der Waals surface area contributed by atoms with Crippen LogP contribution in [-0.2, 0) is 11.3 Å². The van der Waals surface area contributed by atoms with Crippen molar-refractivity contribution in [2.24, 2.45) is 5.73 Å². The molecule has 3 heterocycles. The highest BCUT2D eigenvalue weighted by Gasteiger charge is 2.58. The van der Waals surface area contributed by atoms with Gasteiger partial charge < -0.3 is 20.6 Å². The first-order valence-electron chi connectivity index (χ1n) is 10.1. The van der Waals surface area contributed by atoms with E-state index in [1.165, 1.54) is 41.4 Å². The number of nitrogens with zero attached hydrogens (tertiary/aromatic N) is 5. The van der Waals surface area contributed by atoms with E-state index in [4.69, 9.17) is 10.2 Å². The number of hydrogen-bond acceptors (Lipinski definition) is 8. The third kappa shape index (κ3) is 4.72. The quantitative estimate of drug-likeness (QED) is 0.307. The highest BCUT2D eigenvalue weighted by atomic mass is 19.4. The molecule has 4 aromatic rings. The number of anilines is 1. The van der Waals surface area contributed by atoms with E-state index in [0.29, 0.717) is 6.20 Å². The molecule has 0 fully saturated rings. The molecule has 1 atom stereocenters. The summed E-state index contributed by atoms with van der Waals surface area (Å²) in [5.74, 6) is -4.64. The lowest BCUT2D eigenvalue weighted by Gasteiger charge is -2.27. The number of carbonyl (C=O) groups is 1. The van der Waals surface area contributed by atoms with Crippen LogP contribution < -0.4 is 11.1 Å². The Hall–Kier alpha value is -4.40. The van der Waals surface area contributed by atoms with Gasteiger partial charge >= 0.3 is 6.18 Å². The van der Waals surface area contributed by atoms with Crippen molar-refractivity contribution in [1.29, 1.82) is 0 Å². The molecule has 15 heteroatoms. The van der Waals surface area contributed by atoms with Gasteiger partial charge in [-0.15, -0.1) is 0 Å². The van der Waals surface area contributed by atoms with Gasteiger partial charge in [0.05, 0.1) is 25.5 Å². The number of amides is 1. The van der Waals surface area contributed by atoms with Crippen molar-refractivity contribution in [3.8, 4) is 23.1 Å². The molecule has 0 aliphatic rings. The van der Waals surface area contributed by atoms with Gasteiger partial charge in [0.25, 0.3) is 11.5 Å². The number of oxazole rings is 1. The zero-order valence-corrected chi connectivity index (χ0v) is 18.0. The van der Waals surface area contributed by atoms with Crippen LogP contribution in [0.2, 0.25) is 0 Å². The number of hydrogen-bond donors (Lipinski definition) is 3. The van der Waals surface area contributed by atoms with Crippen molar-refractivity contribution >= 4 is 11.7 Å². The molecule has 0 radical (unpaired) electrons. The topological polar surface area (TPSA) is 145 Å². The van der Waals surface area contributed by atoms with Gasteiger partial charge in [-0.1, -0.05) is 18.2 Å². The number of aromatic nitrogens is 5. The second kappa shape index (κ2) is 9.33. The second-order valence-electron chi connectivity index (χ2n) is 7.47. The van der Waals surface area contributed by atoms with Crippen LogP contribution in [-0.4, -0.2) is 54.1 Å². The molecule has 0 aliphatic heterocycles. The summed E-state index contributed by atoms with van der Waals surface area (Å²) >= 11 is 0. The van der Waals surface area contributed by atoms with Gasteiger partial charge in [-0.2, -0.15) is 18.3 Å². The molecule has 0 aliphatic carbocycles. The summed E-state index contributed by atoms with van der Waals surface area (Å²) in [4.78, 5) is 22.9. The van der Waals surface area contributed by atoms with Crippen LogP contribution in [0.5, 0.6) is 0 Å². The Morgan fingerprint density at radius 2 is 1.92 bits per heavy atom. The molecule has 1 unspecified atom stereocenters. The van der Waals surface area contributed by atoms with Crippen molar-refractivity contribution in [3.05, 3.63) is 66.2 Å². The standard InChI is InChI=1S/C21H16F5N7O3/c22-12-4-2-1-3-11(12)9-33-15(18-28-5-6-36-18)7-14(32-33)17-29-8-13(23)16(31-17)30-10-20(35,19(27)34)21(24,25)26/h1-8,35H,9-10H2,(H2,27,34)(H,29,30,31). The Bertz CT molecular complexity index is 1390. The number of alkyl halides is 3. The van der Waals surface area contributed by atoms with E-state index in [1.54, 1.807) is 6.07 Å². The Morgan fingerprint density at radius 3 is 2.56 bits per heavy atom. The number of nitrogens with one attached hydrogen (secondary N) is 1. The largest absolute Gasteiger partial charge is 0.443 e. The minimum absolute atomic E-state index is 0.0172. The van der Waals surface area contributed by atoms with Gasteiger partial charge in [-0.3, -0.25) is 9.48 Å². The lowest BCUT2D eigenvalue weighted by atomic mass is 10.0. The molecule has 0 saturated heterocycles. The SMILES string of the molecule is NC(=O)C(O)(CNc1nc(-c2cc(-c3ncco3)n(Cc3ccccc3F)n2)ncc1F)C(F)(F)F. The third-order valence-electron chi connectivity index (χ3n) is 5.07. The molecule has 4 N–H and O–H groups in total. The minimum atomic E-state index is -5.44. The van der Waals surface area contributed by atoms with E-state index in [-0.39, 0.29) is 35.2 Å². The average molecular weight is 509 g/mol. The molecule has 10 nitrogen and oxygen atoms in total. The Kier molecular flexibility index (Phi) is 6.41. The minimum Gasteiger partial charge on any atom is -0.443 e. The first-order chi connectivity index (χ1) is 17.0. The summed E-state index contributed by atoms with van der Waals surface area (Å²) < 4.78 is 74.4. The third-order valence-corrected chi connectivity index (χ3v) is 5.07. The van der Waals surface area contributed by atoms with Crippen molar-refractivity contribution in [3.63, 3.8) is 0 Å². The molecule has 3 aromatic heterocycles. The smallest absolute Gasteiger partial charge is 0.428 e. The number of halogens is 5. The molecular formula is C21H16F5N7O3. The number of primary amides is 1. The fourth-order valence-corrected chi connectivity index (χ4v) is 3.11. The molecule has 1 amide bonds. The normalized spacial score (nSPS) is 13.4. The van der Waals surface area contributed by atoms with E-state index in [1.807, 2.05) is 5.32 Å². The Morgan fingerprint density at radius 1 is 1.17 bits per heavy atom. The van der Waals surface area contributed by atoms with Crippen LogP contribution in [0.25, 0.3) is 23.1 Å². The van der Waals surface area contributed by atoms with Crippen molar-refractivity contribution in [2.45, 2.75) is 18.3 Å². The Labute approximate surface area is 198 Å². The van der Waals surface area contributed by atoms with Gasteiger partial charge in [-0.25, -0.2) is 23.7 Å². The summed E-state index contributed by atoms with van der Waals surface area (Å²) in [6.07, 6.45) is -2.12. The highest BCUT2D eigenvalue weighted by Crippen LogP contribution is 2.31. The fraction of sp³-hybridized carbons (Fsp3) is 0.190. The van der Waals surface area contributed by atoms with Crippen LogP contribution in [0, 0.1) is 11.6 Å². The molecule has 188 valence electrons. The first kappa shape index (κ1) is 24.7. The summed E-state index contributed by atoms with van der Waals surface area (Å²) in [6.45, 7) is -1.57. The number of carbonyl (C=O) groups excluding carboxylic acids is 1. The summed E-state index contributed by atoms with van der Waals surface area (Å²) in [5, 5.41) is 15.9. The zero-order chi connectivity index (χ0) is 26.1. The van der Waals surface area contributed by atoms with Crippen LogP contribution >= 0.6 is 0 Å². The second-order valence-corrected chi connectivity index (χ2v) is 7.47. The van der Waals surface area contributed by atoms with Crippen molar-refractivity contribution < 1.29 is 36.3 Å². The molecular weight excluding hydrogens is 493 g/mol. The molecule has 1 aromatic carbocycles. The van der Waals surface area contributed by atoms with Gasteiger partial charge in [0, 0.05) is 11.6 Å². The van der Waals surface area contributed by atoms with E-state index >= 15 is 0 Å². The number of aliphatic hydroxyl groups is 1. The predicted molar refractivity (Wildman–Crippen MR) is 113 cm³/mol. The van der Waals surface area contributed by atoms with Crippen LogP contribution in [0.3, 0.4) is 0 Å².